The zero-order valence-corrected chi connectivity index (χ0v) is 9.62. The van der Waals surface area contributed by atoms with Gasteiger partial charge in [-0.1, -0.05) is 12.1 Å². The van der Waals surface area contributed by atoms with Crippen molar-refractivity contribution in [2.24, 2.45) is 0 Å². The van der Waals surface area contributed by atoms with Crippen molar-refractivity contribution in [3.63, 3.8) is 0 Å². The minimum atomic E-state index is -1.01. The van der Waals surface area contributed by atoms with Crippen LogP contribution in [0.5, 0.6) is 5.75 Å². The Kier molecular flexibility index (Phi) is 2.19. The van der Waals surface area contributed by atoms with Crippen LogP contribution in [-0.2, 0) is 0 Å². The Bertz CT molecular complexity index is 761. The van der Waals surface area contributed by atoms with Gasteiger partial charge in [0, 0.05) is 5.39 Å². The van der Waals surface area contributed by atoms with E-state index < -0.39 is 5.97 Å². The van der Waals surface area contributed by atoms with Gasteiger partial charge in [-0.25, -0.2) is 9.78 Å². The summed E-state index contributed by atoms with van der Waals surface area (Å²) in [6, 6.07) is 9.25. The van der Waals surface area contributed by atoms with E-state index in [-0.39, 0.29) is 5.69 Å². The summed E-state index contributed by atoms with van der Waals surface area (Å²) in [4.78, 5) is 15.3. The third-order valence-electron chi connectivity index (χ3n) is 2.89. The van der Waals surface area contributed by atoms with E-state index in [1.807, 2.05) is 18.2 Å². The van der Waals surface area contributed by atoms with E-state index in [4.69, 9.17) is 4.74 Å². The van der Waals surface area contributed by atoms with Crippen LogP contribution >= 0.6 is 0 Å². The zero-order chi connectivity index (χ0) is 12.7. The van der Waals surface area contributed by atoms with Crippen LogP contribution in [-0.4, -0.2) is 27.6 Å². The number of carboxylic acids is 1. The topological polar surface area (TPSA) is 63.8 Å². The number of imidazole rings is 1. The Balaban J connectivity index is 2.57. The van der Waals surface area contributed by atoms with E-state index in [2.05, 4.69) is 4.98 Å². The lowest BCUT2D eigenvalue weighted by Gasteiger charge is -2.08. The number of pyridine rings is 1. The fraction of sp³-hybridized carbons (Fsp3) is 0.0769. The Hall–Kier alpha value is -2.56. The molecule has 0 amide bonds. The highest BCUT2D eigenvalue weighted by molar-refractivity contribution is 5.93. The quantitative estimate of drug-likeness (QED) is 0.748. The molecule has 2 aromatic heterocycles. The minimum absolute atomic E-state index is 0.125. The largest absolute Gasteiger partial charge is 0.495 e. The van der Waals surface area contributed by atoms with E-state index in [0.29, 0.717) is 16.9 Å². The summed E-state index contributed by atoms with van der Waals surface area (Å²) in [5.41, 5.74) is 1.43. The molecule has 0 aliphatic heterocycles. The molecule has 5 heteroatoms. The van der Waals surface area contributed by atoms with Crippen molar-refractivity contribution < 1.29 is 14.6 Å². The monoisotopic (exact) mass is 242 g/mol. The number of carboxylic acid groups (broad SMARTS) is 1. The van der Waals surface area contributed by atoms with Crippen molar-refractivity contribution in [1.82, 2.24) is 9.38 Å². The zero-order valence-electron chi connectivity index (χ0n) is 9.62. The number of aromatic nitrogens is 2. The number of methoxy groups -OCH3 is 1. The molecule has 1 N–H and O–H groups in total. The molecule has 0 radical (unpaired) electrons. The van der Waals surface area contributed by atoms with Gasteiger partial charge >= 0.3 is 5.97 Å². The van der Waals surface area contributed by atoms with Gasteiger partial charge in [0.15, 0.2) is 5.69 Å². The van der Waals surface area contributed by atoms with Crippen LogP contribution in [0.4, 0.5) is 0 Å². The summed E-state index contributed by atoms with van der Waals surface area (Å²) in [5, 5.41) is 10.1. The number of ether oxygens (including phenoxy) is 1. The van der Waals surface area contributed by atoms with Crippen molar-refractivity contribution in [3.8, 4) is 5.75 Å². The Morgan fingerprint density at radius 3 is 2.89 bits per heavy atom. The first-order valence-corrected chi connectivity index (χ1v) is 5.39. The number of rotatable bonds is 2. The summed E-state index contributed by atoms with van der Waals surface area (Å²) < 4.78 is 6.89. The van der Waals surface area contributed by atoms with E-state index in [1.54, 1.807) is 23.6 Å². The number of fused-ring (bicyclic) bond motifs is 3. The summed E-state index contributed by atoms with van der Waals surface area (Å²) in [6.45, 7) is 0. The average molecular weight is 242 g/mol. The van der Waals surface area contributed by atoms with Crippen molar-refractivity contribution in [1.29, 1.82) is 0 Å². The predicted octanol–water partition coefficient (Wildman–Crippen LogP) is 2.19. The second-order valence-corrected chi connectivity index (χ2v) is 3.87. The van der Waals surface area contributed by atoms with Crippen LogP contribution in [0.15, 0.2) is 36.5 Å². The van der Waals surface area contributed by atoms with Crippen LogP contribution < -0.4 is 4.74 Å². The van der Waals surface area contributed by atoms with Gasteiger partial charge in [-0.3, -0.25) is 4.40 Å². The maximum Gasteiger partial charge on any atom is 0.354 e. The molecule has 90 valence electrons. The van der Waals surface area contributed by atoms with Crippen LogP contribution in [0.1, 0.15) is 10.5 Å². The number of hydrogen-bond acceptors (Lipinski definition) is 3. The molecule has 18 heavy (non-hydrogen) atoms. The normalized spacial score (nSPS) is 10.9. The first-order chi connectivity index (χ1) is 8.72. The van der Waals surface area contributed by atoms with Gasteiger partial charge < -0.3 is 9.84 Å². The van der Waals surface area contributed by atoms with Gasteiger partial charge in [-0.15, -0.1) is 0 Å². The fourth-order valence-corrected chi connectivity index (χ4v) is 2.11. The van der Waals surface area contributed by atoms with Gasteiger partial charge in [-0.05, 0) is 18.2 Å². The second kappa shape index (κ2) is 3.73. The van der Waals surface area contributed by atoms with Crippen LogP contribution in [0.3, 0.4) is 0 Å². The van der Waals surface area contributed by atoms with Crippen molar-refractivity contribution >= 4 is 22.5 Å². The number of benzene rings is 1. The molecule has 0 bridgehead atoms. The number of para-hydroxylation sites is 1. The van der Waals surface area contributed by atoms with Gasteiger partial charge in [0.05, 0.1) is 18.8 Å². The van der Waals surface area contributed by atoms with Gasteiger partial charge in [0.2, 0.25) is 0 Å². The highest BCUT2D eigenvalue weighted by Crippen LogP contribution is 2.27. The molecular formula is C13H10N2O3. The molecule has 0 spiro atoms. The Morgan fingerprint density at radius 2 is 2.17 bits per heavy atom. The van der Waals surface area contributed by atoms with Crippen LogP contribution in [0.2, 0.25) is 0 Å². The molecule has 0 atom stereocenters. The lowest BCUT2D eigenvalue weighted by molar-refractivity contribution is 0.0690. The number of carbonyl (C=O) groups is 1. The molecule has 1 aromatic carbocycles. The standard InChI is InChI=1S/C13H10N2O3/c1-18-10-4-2-3-8-5-6-11-14-7-9(13(16)17)15(11)12(8)10/h2-7H,1H3,(H,16,17). The molecular weight excluding hydrogens is 232 g/mol. The van der Waals surface area contributed by atoms with Gasteiger partial charge in [0.25, 0.3) is 0 Å². The van der Waals surface area contributed by atoms with Crippen molar-refractivity contribution in [2.45, 2.75) is 0 Å². The van der Waals surface area contributed by atoms with Crippen molar-refractivity contribution in [3.05, 3.63) is 42.2 Å². The Labute approximate surface area is 102 Å². The first-order valence-electron chi connectivity index (χ1n) is 5.39. The summed E-state index contributed by atoms with van der Waals surface area (Å²) in [6.07, 6.45) is 1.35. The van der Waals surface area contributed by atoms with E-state index in [9.17, 15) is 9.90 Å². The third kappa shape index (κ3) is 1.34. The van der Waals surface area contributed by atoms with E-state index in [1.165, 1.54) is 6.20 Å². The molecule has 5 nitrogen and oxygen atoms in total. The average Bonchev–Trinajstić information content (AvgIpc) is 2.81. The Morgan fingerprint density at radius 1 is 1.33 bits per heavy atom. The number of aromatic carboxylic acids is 1. The third-order valence-corrected chi connectivity index (χ3v) is 2.89. The molecule has 3 rings (SSSR count). The molecule has 0 saturated carbocycles. The maximum absolute atomic E-state index is 11.2. The lowest BCUT2D eigenvalue weighted by atomic mass is 10.2. The summed E-state index contributed by atoms with van der Waals surface area (Å²) >= 11 is 0. The predicted molar refractivity (Wildman–Crippen MR) is 66.2 cm³/mol. The van der Waals surface area contributed by atoms with Crippen LogP contribution in [0, 0.1) is 0 Å². The molecule has 0 saturated heterocycles. The van der Waals surface area contributed by atoms with E-state index >= 15 is 0 Å². The number of nitrogens with zero attached hydrogens (tertiary/aromatic N) is 2. The molecule has 0 aliphatic rings. The van der Waals surface area contributed by atoms with Crippen molar-refractivity contribution in [2.75, 3.05) is 7.11 Å². The maximum atomic E-state index is 11.2. The molecule has 3 aromatic rings. The summed E-state index contributed by atoms with van der Waals surface area (Å²) in [7, 11) is 1.56. The highest BCUT2D eigenvalue weighted by Gasteiger charge is 2.14. The first kappa shape index (κ1) is 10.6. The summed E-state index contributed by atoms with van der Waals surface area (Å²) in [5.74, 6) is -0.389. The molecule has 0 fully saturated rings. The smallest absolute Gasteiger partial charge is 0.354 e. The SMILES string of the molecule is COc1cccc2ccc3ncc(C(=O)O)n3c12. The van der Waals surface area contributed by atoms with Crippen LogP contribution in [0.25, 0.3) is 16.6 Å². The molecule has 2 heterocycles. The lowest BCUT2D eigenvalue weighted by Crippen LogP contribution is -2.03. The molecule has 0 unspecified atom stereocenters. The minimum Gasteiger partial charge on any atom is -0.495 e. The highest BCUT2D eigenvalue weighted by atomic mass is 16.5. The fourth-order valence-electron chi connectivity index (χ4n) is 2.11. The molecule has 0 aliphatic carbocycles. The number of hydrogen-bond donors (Lipinski definition) is 1. The van der Waals surface area contributed by atoms with E-state index in [0.717, 1.165) is 5.39 Å². The van der Waals surface area contributed by atoms with Gasteiger partial charge in [0.1, 0.15) is 11.4 Å². The second-order valence-electron chi connectivity index (χ2n) is 3.87. The van der Waals surface area contributed by atoms with Gasteiger partial charge in [-0.2, -0.15) is 0 Å².